The summed E-state index contributed by atoms with van der Waals surface area (Å²) in [7, 11) is -3.55. The first kappa shape index (κ1) is 22.3. The van der Waals surface area contributed by atoms with E-state index in [1.165, 1.54) is 8.61 Å². The van der Waals surface area contributed by atoms with Crippen molar-refractivity contribution in [2.45, 2.75) is 32.5 Å². The van der Waals surface area contributed by atoms with E-state index in [2.05, 4.69) is 0 Å². The molecule has 0 bridgehead atoms. The van der Waals surface area contributed by atoms with Crippen LogP contribution in [0.2, 0.25) is 5.02 Å². The molecular formula is C19H28ClN3O5S. The summed E-state index contributed by atoms with van der Waals surface area (Å²) in [5.41, 5.74) is 0. The number of hydrogen-bond donors (Lipinski definition) is 0. The molecule has 0 spiro atoms. The van der Waals surface area contributed by atoms with Gasteiger partial charge in [0.2, 0.25) is 5.91 Å². The first-order valence-corrected chi connectivity index (χ1v) is 11.6. The maximum atomic E-state index is 12.9. The summed E-state index contributed by atoms with van der Waals surface area (Å²) < 4.78 is 40.0. The van der Waals surface area contributed by atoms with E-state index in [0.29, 0.717) is 50.0 Å². The second-order valence-corrected chi connectivity index (χ2v) is 9.78. The van der Waals surface area contributed by atoms with Crippen molar-refractivity contribution in [2.24, 2.45) is 0 Å². The lowest BCUT2D eigenvalue weighted by molar-refractivity contribution is -0.132. The molecule has 2 atom stereocenters. The lowest BCUT2D eigenvalue weighted by atomic mass is 10.3. The van der Waals surface area contributed by atoms with Gasteiger partial charge in [0.05, 0.1) is 25.2 Å². The van der Waals surface area contributed by atoms with Gasteiger partial charge >= 0.3 is 0 Å². The fourth-order valence-corrected chi connectivity index (χ4v) is 5.55. The van der Waals surface area contributed by atoms with Crippen LogP contribution in [0.1, 0.15) is 20.3 Å². The van der Waals surface area contributed by atoms with Crippen molar-refractivity contribution in [3.63, 3.8) is 0 Å². The molecule has 1 aromatic carbocycles. The molecular weight excluding hydrogens is 418 g/mol. The minimum atomic E-state index is -3.55. The van der Waals surface area contributed by atoms with Gasteiger partial charge in [0, 0.05) is 44.3 Å². The van der Waals surface area contributed by atoms with Crippen LogP contribution in [0.15, 0.2) is 24.3 Å². The molecule has 2 aliphatic heterocycles. The molecule has 1 amide bonds. The van der Waals surface area contributed by atoms with E-state index < -0.39 is 10.2 Å². The van der Waals surface area contributed by atoms with Gasteiger partial charge in [-0.2, -0.15) is 17.0 Å². The number of amides is 1. The summed E-state index contributed by atoms with van der Waals surface area (Å²) in [6.07, 6.45) is -0.0237. The normalized spacial score (nSPS) is 24.4. The van der Waals surface area contributed by atoms with Gasteiger partial charge in [0.15, 0.2) is 0 Å². The van der Waals surface area contributed by atoms with Gasteiger partial charge < -0.3 is 14.4 Å². The van der Waals surface area contributed by atoms with Gasteiger partial charge in [-0.3, -0.25) is 4.79 Å². The van der Waals surface area contributed by atoms with Crippen LogP contribution in [0.5, 0.6) is 5.75 Å². The Kier molecular flexibility index (Phi) is 7.39. The minimum absolute atomic E-state index is 0.0438. The van der Waals surface area contributed by atoms with Crippen LogP contribution in [0, 0.1) is 0 Å². The van der Waals surface area contributed by atoms with Crippen molar-refractivity contribution in [3.05, 3.63) is 29.3 Å². The molecule has 3 rings (SSSR count). The van der Waals surface area contributed by atoms with E-state index in [1.54, 1.807) is 29.2 Å². The number of carbonyl (C=O) groups excluding carboxylic acids is 1. The van der Waals surface area contributed by atoms with Crippen molar-refractivity contribution in [1.29, 1.82) is 0 Å². The largest absolute Gasteiger partial charge is 0.493 e. The van der Waals surface area contributed by atoms with Crippen LogP contribution in [-0.4, -0.2) is 85.9 Å². The van der Waals surface area contributed by atoms with Crippen molar-refractivity contribution in [2.75, 3.05) is 45.9 Å². The van der Waals surface area contributed by atoms with Gasteiger partial charge in [-0.05, 0) is 32.0 Å². The molecule has 0 N–H and O–H groups in total. The number of carbonyl (C=O) groups is 1. The van der Waals surface area contributed by atoms with Crippen molar-refractivity contribution in [3.8, 4) is 5.75 Å². The summed E-state index contributed by atoms with van der Waals surface area (Å²) in [6, 6.07) is 7.02. The number of halogens is 1. The fraction of sp³-hybridized carbons (Fsp3) is 0.632. The van der Waals surface area contributed by atoms with Crippen molar-refractivity contribution >= 4 is 27.7 Å². The third kappa shape index (κ3) is 5.82. The predicted molar refractivity (Wildman–Crippen MR) is 110 cm³/mol. The molecule has 2 fully saturated rings. The zero-order chi connectivity index (χ0) is 21.0. The van der Waals surface area contributed by atoms with Crippen LogP contribution in [0.25, 0.3) is 0 Å². The molecule has 0 aromatic heterocycles. The number of hydrogen-bond acceptors (Lipinski definition) is 5. The molecule has 162 valence electrons. The van der Waals surface area contributed by atoms with E-state index >= 15 is 0 Å². The van der Waals surface area contributed by atoms with Crippen molar-refractivity contribution < 1.29 is 22.7 Å². The van der Waals surface area contributed by atoms with Crippen LogP contribution >= 0.6 is 11.6 Å². The van der Waals surface area contributed by atoms with E-state index in [4.69, 9.17) is 21.1 Å². The lowest BCUT2D eigenvalue weighted by Crippen LogP contribution is -2.57. The number of piperazine rings is 1. The summed E-state index contributed by atoms with van der Waals surface area (Å²) >= 11 is 5.91. The molecule has 2 unspecified atom stereocenters. The Morgan fingerprint density at radius 1 is 1.14 bits per heavy atom. The molecule has 1 aromatic rings. The van der Waals surface area contributed by atoms with Crippen LogP contribution in [0.3, 0.4) is 0 Å². The molecule has 10 heteroatoms. The zero-order valence-corrected chi connectivity index (χ0v) is 18.4. The Bertz CT molecular complexity index is 804. The number of rotatable bonds is 6. The summed E-state index contributed by atoms with van der Waals surface area (Å²) in [5.74, 6) is 0.577. The second kappa shape index (κ2) is 9.61. The zero-order valence-electron chi connectivity index (χ0n) is 16.8. The molecule has 29 heavy (non-hydrogen) atoms. The van der Waals surface area contributed by atoms with Crippen LogP contribution in [0.4, 0.5) is 0 Å². The lowest BCUT2D eigenvalue weighted by Gasteiger charge is -2.40. The van der Waals surface area contributed by atoms with Crippen LogP contribution in [-0.2, 0) is 19.7 Å². The van der Waals surface area contributed by atoms with Gasteiger partial charge in [0.25, 0.3) is 10.2 Å². The molecule has 8 nitrogen and oxygen atoms in total. The maximum Gasteiger partial charge on any atom is 0.282 e. The van der Waals surface area contributed by atoms with E-state index in [0.717, 1.165) is 0 Å². The average molecular weight is 446 g/mol. The maximum absolute atomic E-state index is 12.9. The molecule has 0 aliphatic carbocycles. The van der Waals surface area contributed by atoms with Gasteiger partial charge in [-0.1, -0.05) is 17.7 Å². The monoisotopic (exact) mass is 445 g/mol. The second-order valence-electron chi connectivity index (χ2n) is 7.42. The fourth-order valence-electron chi connectivity index (χ4n) is 3.62. The number of nitrogens with zero attached hydrogens (tertiary/aromatic N) is 3. The van der Waals surface area contributed by atoms with E-state index in [1.807, 2.05) is 13.8 Å². The summed E-state index contributed by atoms with van der Waals surface area (Å²) in [5, 5.41) is 0.579. The van der Waals surface area contributed by atoms with Crippen molar-refractivity contribution in [1.82, 2.24) is 13.5 Å². The highest BCUT2D eigenvalue weighted by atomic mass is 35.5. The highest BCUT2D eigenvalue weighted by molar-refractivity contribution is 7.86. The Balaban J connectivity index is 1.46. The topological polar surface area (TPSA) is 79.4 Å². The minimum Gasteiger partial charge on any atom is -0.493 e. The average Bonchev–Trinajstić information content (AvgIpc) is 2.67. The molecule has 0 saturated carbocycles. The molecule has 2 aliphatic rings. The standard InChI is InChI=1S/C19H28ClN3O5S/c1-15-13-23(14-16(2)28-15)29(25,26)22-9-7-21(8-10-22)19(24)6-11-27-18-5-3-4-17(20)12-18/h3-5,12,15-16H,6-11,13-14H2,1-2H3. The molecule has 0 radical (unpaired) electrons. The first-order chi connectivity index (χ1) is 13.8. The third-order valence-corrected chi connectivity index (χ3v) is 7.21. The van der Waals surface area contributed by atoms with Gasteiger partial charge in [0.1, 0.15) is 5.75 Å². The quantitative estimate of drug-likeness (QED) is 0.664. The Hall–Kier alpha value is -1.39. The molecule has 2 saturated heterocycles. The van der Waals surface area contributed by atoms with E-state index in [-0.39, 0.29) is 31.1 Å². The first-order valence-electron chi connectivity index (χ1n) is 9.82. The smallest absolute Gasteiger partial charge is 0.282 e. The van der Waals surface area contributed by atoms with Gasteiger partial charge in [-0.25, -0.2) is 0 Å². The van der Waals surface area contributed by atoms with Gasteiger partial charge in [-0.15, -0.1) is 0 Å². The highest BCUT2D eigenvalue weighted by Gasteiger charge is 2.37. The van der Waals surface area contributed by atoms with E-state index in [9.17, 15) is 13.2 Å². The highest BCUT2D eigenvalue weighted by Crippen LogP contribution is 2.20. The SMILES string of the molecule is CC1CN(S(=O)(=O)N2CCN(C(=O)CCOc3cccc(Cl)c3)CC2)CC(C)O1. The Labute approximate surface area is 177 Å². The van der Waals surface area contributed by atoms with Crippen LogP contribution < -0.4 is 4.74 Å². The Morgan fingerprint density at radius 2 is 1.79 bits per heavy atom. The third-order valence-electron chi connectivity index (χ3n) is 5.01. The predicted octanol–water partition coefficient (Wildman–Crippen LogP) is 1.61. The number of benzene rings is 1. The Morgan fingerprint density at radius 3 is 2.41 bits per heavy atom. The number of ether oxygens (including phenoxy) is 2. The molecule has 2 heterocycles. The number of morpholine rings is 1. The summed E-state index contributed by atoms with van der Waals surface area (Å²) in [6.45, 7) is 6.06. The summed E-state index contributed by atoms with van der Waals surface area (Å²) in [4.78, 5) is 14.1.